The highest BCUT2D eigenvalue weighted by atomic mass is 19.1. The van der Waals surface area contributed by atoms with Gasteiger partial charge in [0.05, 0.1) is 5.54 Å². The van der Waals surface area contributed by atoms with Gasteiger partial charge < -0.3 is 0 Å². The molecule has 0 bridgehead atoms. The number of hydrogen-bond acceptors (Lipinski definition) is 3. The normalized spacial score (nSPS) is 19.4. The van der Waals surface area contributed by atoms with E-state index in [1.54, 1.807) is 20.8 Å². The highest BCUT2D eigenvalue weighted by Crippen LogP contribution is 2.18. The summed E-state index contributed by atoms with van der Waals surface area (Å²) in [5, 5.41) is 10.5. The lowest BCUT2D eigenvalue weighted by Gasteiger charge is -2.28. The Kier molecular flexibility index (Phi) is 3.09. The monoisotopic (exact) mass is 211 g/mol. The van der Waals surface area contributed by atoms with Gasteiger partial charge in [-0.25, -0.2) is 4.39 Å². The first-order chi connectivity index (χ1) is 6.82. The molecule has 0 heterocycles. The van der Waals surface area contributed by atoms with Gasteiger partial charge in [-0.3, -0.25) is 15.1 Å². The maximum absolute atomic E-state index is 12.9. The molecule has 0 saturated carbocycles. The smallest absolute Gasteiger partial charge is 0.222 e. The van der Waals surface area contributed by atoms with Crippen molar-refractivity contribution in [2.24, 2.45) is 0 Å². The lowest BCUT2D eigenvalue weighted by Crippen LogP contribution is -2.35. The van der Waals surface area contributed by atoms with E-state index in [-0.39, 0.29) is 5.57 Å². The molecule has 0 atom stereocenters. The van der Waals surface area contributed by atoms with Gasteiger partial charge in [-0.05, 0) is 32.9 Å². The van der Waals surface area contributed by atoms with Crippen molar-refractivity contribution in [3.63, 3.8) is 0 Å². The topological polar surface area (TPSA) is 40.5 Å². The van der Waals surface area contributed by atoms with E-state index in [4.69, 9.17) is 0 Å². The van der Waals surface area contributed by atoms with Crippen LogP contribution in [0.4, 0.5) is 4.39 Å². The maximum atomic E-state index is 12.9. The summed E-state index contributed by atoms with van der Waals surface area (Å²) in [6.45, 7) is 5.31. The molecule has 1 N–H and O–H groups in total. The zero-order valence-electron chi connectivity index (χ0n) is 8.99. The predicted molar refractivity (Wildman–Crippen MR) is 54.8 cm³/mol. The van der Waals surface area contributed by atoms with Crippen LogP contribution in [0.3, 0.4) is 0 Å². The van der Waals surface area contributed by atoms with Gasteiger partial charge in [-0.2, -0.15) is 0 Å². The number of carbonyl (C=O) groups excluding carboxylic acids is 1. The standard InChI is InChI=1S/C11H14FNO2/c1-11(2,3)13(15)7-8-5-4-6-9(12)10(8)14/h4-7,15H,1-3H3. The van der Waals surface area contributed by atoms with Crippen LogP contribution in [-0.2, 0) is 4.79 Å². The molecule has 0 aliphatic heterocycles. The molecule has 0 amide bonds. The van der Waals surface area contributed by atoms with Gasteiger partial charge in [0, 0.05) is 11.8 Å². The molecule has 3 nitrogen and oxygen atoms in total. The second-order valence-corrected chi connectivity index (χ2v) is 4.30. The van der Waals surface area contributed by atoms with E-state index in [1.165, 1.54) is 18.4 Å². The third-order valence-corrected chi connectivity index (χ3v) is 1.95. The fourth-order valence-electron chi connectivity index (χ4n) is 0.953. The fraction of sp³-hybridized carbons (Fsp3) is 0.364. The summed E-state index contributed by atoms with van der Waals surface area (Å²) in [5.74, 6) is -1.52. The van der Waals surface area contributed by atoms with Crippen LogP contribution in [0.25, 0.3) is 0 Å². The predicted octanol–water partition coefficient (Wildman–Crippen LogP) is 2.35. The summed E-state index contributed by atoms with van der Waals surface area (Å²) in [6.07, 6.45) is 5.21. The average molecular weight is 211 g/mol. The molecular formula is C11H14FNO2. The molecule has 0 unspecified atom stereocenters. The van der Waals surface area contributed by atoms with Crippen molar-refractivity contribution in [1.82, 2.24) is 5.06 Å². The third-order valence-electron chi connectivity index (χ3n) is 1.95. The van der Waals surface area contributed by atoms with Crippen molar-refractivity contribution >= 4 is 5.78 Å². The van der Waals surface area contributed by atoms with Crippen LogP contribution in [0.5, 0.6) is 0 Å². The molecule has 0 aromatic rings. The number of Topliss-reactive ketones (excluding diaryl/α,β-unsaturated/α-hetero) is 1. The minimum absolute atomic E-state index is 0.132. The van der Waals surface area contributed by atoms with Gasteiger partial charge in [0.25, 0.3) is 0 Å². The Morgan fingerprint density at radius 3 is 2.60 bits per heavy atom. The molecule has 1 aliphatic carbocycles. The van der Waals surface area contributed by atoms with E-state index in [0.717, 1.165) is 11.1 Å². The molecule has 1 rings (SSSR count). The first kappa shape index (κ1) is 11.7. The largest absolute Gasteiger partial charge is 0.288 e. The van der Waals surface area contributed by atoms with Crippen molar-refractivity contribution in [3.05, 3.63) is 35.8 Å². The number of halogens is 1. The van der Waals surface area contributed by atoms with Gasteiger partial charge in [0.1, 0.15) is 0 Å². The lowest BCUT2D eigenvalue weighted by atomic mass is 10.0. The van der Waals surface area contributed by atoms with Crippen molar-refractivity contribution in [2.45, 2.75) is 26.3 Å². The van der Waals surface area contributed by atoms with Crippen molar-refractivity contribution in [3.8, 4) is 0 Å². The van der Waals surface area contributed by atoms with E-state index >= 15 is 0 Å². The van der Waals surface area contributed by atoms with Crippen LogP contribution in [-0.4, -0.2) is 21.6 Å². The van der Waals surface area contributed by atoms with Gasteiger partial charge in [-0.15, -0.1) is 0 Å². The molecule has 1 aliphatic rings. The molecule has 0 radical (unpaired) electrons. The molecule has 82 valence electrons. The Morgan fingerprint density at radius 2 is 2.07 bits per heavy atom. The second kappa shape index (κ2) is 3.98. The molecule has 4 heteroatoms. The Morgan fingerprint density at radius 1 is 1.47 bits per heavy atom. The Bertz CT molecular complexity index is 361. The molecule has 15 heavy (non-hydrogen) atoms. The van der Waals surface area contributed by atoms with E-state index < -0.39 is 17.1 Å². The summed E-state index contributed by atoms with van der Waals surface area (Å²) < 4.78 is 12.9. The minimum Gasteiger partial charge on any atom is -0.288 e. The number of allylic oxidation sites excluding steroid dienone is 5. The first-order valence-electron chi connectivity index (χ1n) is 4.61. The number of rotatable bonds is 1. The highest BCUT2D eigenvalue weighted by Gasteiger charge is 2.21. The second-order valence-electron chi connectivity index (χ2n) is 4.30. The Hall–Kier alpha value is -1.42. The summed E-state index contributed by atoms with van der Waals surface area (Å²) in [5.41, 5.74) is -0.397. The lowest BCUT2D eigenvalue weighted by molar-refractivity contribution is -0.117. The number of carbonyl (C=O) groups is 1. The molecule has 0 saturated heterocycles. The summed E-state index contributed by atoms with van der Waals surface area (Å²) >= 11 is 0. The third kappa shape index (κ3) is 2.76. The highest BCUT2D eigenvalue weighted by molar-refractivity contribution is 6.09. The number of hydrogen-bond donors (Lipinski definition) is 1. The number of hydroxylamine groups is 2. The number of ketones is 1. The summed E-state index contributed by atoms with van der Waals surface area (Å²) in [4.78, 5) is 11.3. The van der Waals surface area contributed by atoms with Crippen molar-refractivity contribution in [1.29, 1.82) is 0 Å². The Labute approximate surface area is 88.1 Å². The van der Waals surface area contributed by atoms with Crippen LogP contribution in [0, 0.1) is 0 Å². The van der Waals surface area contributed by atoms with Crippen LogP contribution in [0.15, 0.2) is 35.8 Å². The molecule has 0 spiro atoms. The van der Waals surface area contributed by atoms with Gasteiger partial charge >= 0.3 is 0 Å². The van der Waals surface area contributed by atoms with Crippen molar-refractivity contribution in [2.75, 3.05) is 0 Å². The number of nitrogens with zero attached hydrogens (tertiary/aromatic N) is 1. The molecule has 0 fully saturated rings. The zero-order chi connectivity index (χ0) is 11.6. The van der Waals surface area contributed by atoms with Crippen LogP contribution < -0.4 is 0 Å². The SMILES string of the molecule is CC(C)(C)N(O)C=C1C=CC=C(F)C1=O. The van der Waals surface area contributed by atoms with Crippen LogP contribution in [0.1, 0.15) is 20.8 Å². The Balaban J connectivity index is 2.91. The van der Waals surface area contributed by atoms with Crippen molar-refractivity contribution < 1.29 is 14.4 Å². The van der Waals surface area contributed by atoms with Crippen LogP contribution in [0.2, 0.25) is 0 Å². The summed E-state index contributed by atoms with van der Waals surface area (Å²) in [6, 6.07) is 0. The van der Waals surface area contributed by atoms with E-state index in [0.29, 0.717) is 0 Å². The van der Waals surface area contributed by atoms with E-state index in [2.05, 4.69) is 0 Å². The first-order valence-corrected chi connectivity index (χ1v) is 4.61. The van der Waals surface area contributed by atoms with E-state index in [9.17, 15) is 14.4 Å². The molecule has 0 aromatic heterocycles. The maximum Gasteiger partial charge on any atom is 0.222 e. The fourth-order valence-corrected chi connectivity index (χ4v) is 0.953. The zero-order valence-corrected chi connectivity index (χ0v) is 8.99. The van der Waals surface area contributed by atoms with Gasteiger partial charge in [-0.1, -0.05) is 6.08 Å². The van der Waals surface area contributed by atoms with Crippen LogP contribution >= 0.6 is 0 Å². The van der Waals surface area contributed by atoms with Gasteiger partial charge in [0.2, 0.25) is 5.78 Å². The minimum atomic E-state index is -0.814. The van der Waals surface area contributed by atoms with Gasteiger partial charge in [0.15, 0.2) is 5.83 Å². The molecule has 0 aromatic carbocycles. The summed E-state index contributed by atoms with van der Waals surface area (Å²) in [7, 11) is 0. The quantitative estimate of drug-likeness (QED) is 0.534. The molecular weight excluding hydrogens is 197 g/mol. The van der Waals surface area contributed by atoms with E-state index in [1.807, 2.05) is 0 Å². The average Bonchev–Trinajstić information content (AvgIpc) is 2.11.